The lowest BCUT2D eigenvalue weighted by atomic mass is 9.95. The molecule has 0 bridgehead atoms. The van der Waals surface area contributed by atoms with E-state index in [2.05, 4.69) is 11.9 Å². The number of amidine groups is 1. The van der Waals surface area contributed by atoms with Gasteiger partial charge in [-0.3, -0.25) is 4.99 Å². The van der Waals surface area contributed by atoms with Gasteiger partial charge < -0.3 is 10.5 Å². The second-order valence-electron chi connectivity index (χ2n) is 3.80. The van der Waals surface area contributed by atoms with E-state index in [9.17, 15) is 0 Å². The van der Waals surface area contributed by atoms with Crippen LogP contribution >= 0.6 is 0 Å². The third kappa shape index (κ3) is 2.69. The molecular weight excluding hydrogens is 164 g/mol. The standard InChI is InChI=1S/C10H20N2O/c1-3-7-12-9(11)10(2)6-4-5-8-13-10/h3-8H2,1-2H3,(H2,11,12). The van der Waals surface area contributed by atoms with Crippen molar-refractivity contribution in [2.75, 3.05) is 13.2 Å². The fourth-order valence-corrected chi connectivity index (χ4v) is 1.54. The van der Waals surface area contributed by atoms with Crippen LogP contribution in [0.4, 0.5) is 0 Å². The molecule has 1 heterocycles. The van der Waals surface area contributed by atoms with E-state index >= 15 is 0 Å². The van der Waals surface area contributed by atoms with Gasteiger partial charge in [0.2, 0.25) is 0 Å². The van der Waals surface area contributed by atoms with Crippen molar-refractivity contribution in [1.29, 1.82) is 0 Å². The average Bonchev–Trinajstić information content (AvgIpc) is 2.15. The third-order valence-corrected chi connectivity index (χ3v) is 2.52. The SMILES string of the molecule is CCCN=C(N)C1(C)CCCCO1. The molecule has 1 aliphatic heterocycles. The Morgan fingerprint density at radius 2 is 2.31 bits per heavy atom. The third-order valence-electron chi connectivity index (χ3n) is 2.52. The van der Waals surface area contributed by atoms with Gasteiger partial charge in [0.15, 0.2) is 0 Å². The Morgan fingerprint density at radius 3 is 2.85 bits per heavy atom. The number of hydrogen-bond donors (Lipinski definition) is 1. The molecule has 1 unspecified atom stereocenters. The fourth-order valence-electron chi connectivity index (χ4n) is 1.54. The van der Waals surface area contributed by atoms with Gasteiger partial charge in [0.25, 0.3) is 0 Å². The van der Waals surface area contributed by atoms with Crippen molar-refractivity contribution < 1.29 is 4.74 Å². The molecule has 2 N–H and O–H groups in total. The lowest BCUT2D eigenvalue weighted by molar-refractivity contribution is -0.0160. The van der Waals surface area contributed by atoms with Gasteiger partial charge >= 0.3 is 0 Å². The zero-order valence-electron chi connectivity index (χ0n) is 8.68. The predicted molar refractivity (Wildman–Crippen MR) is 55.0 cm³/mol. The Morgan fingerprint density at radius 1 is 1.54 bits per heavy atom. The van der Waals surface area contributed by atoms with Crippen LogP contribution in [-0.4, -0.2) is 24.6 Å². The van der Waals surface area contributed by atoms with Crippen LogP contribution in [0, 0.1) is 0 Å². The molecule has 1 rings (SSSR count). The van der Waals surface area contributed by atoms with Crippen molar-refractivity contribution in [3.05, 3.63) is 0 Å². The van der Waals surface area contributed by atoms with Crippen LogP contribution in [0.15, 0.2) is 4.99 Å². The Kier molecular flexibility index (Phi) is 3.72. The van der Waals surface area contributed by atoms with Crippen molar-refractivity contribution >= 4 is 5.84 Å². The van der Waals surface area contributed by atoms with Gasteiger partial charge in [-0.2, -0.15) is 0 Å². The quantitative estimate of drug-likeness (QED) is 0.536. The molecule has 0 aromatic heterocycles. The highest BCUT2D eigenvalue weighted by Crippen LogP contribution is 2.24. The minimum atomic E-state index is -0.284. The molecule has 1 fully saturated rings. The molecule has 0 saturated carbocycles. The summed E-state index contributed by atoms with van der Waals surface area (Å²) in [6.07, 6.45) is 4.39. The molecule has 1 aliphatic rings. The minimum Gasteiger partial charge on any atom is -0.385 e. The van der Waals surface area contributed by atoms with E-state index in [1.807, 2.05) is 6.92 Å². The number of nitrogens with two attached hydrogens (primary N) is 1. The maximum absolute atomic E-state index is 5.89. The second-order valence-corrected chi connectivity index (χ2v) is 3.80. The van der Waals surface area contributed by atoms with Crippen LogP contribution in [0.3, 0.4) is 0 Å². The van der Waals surface area contributed by atoms with Gasteiger partial charge in [-0.25, -0.2) is 0 Å². The Balaban J connectivity index is 2.55. The first kappa shape index (κ1) is 10.5. The van der Waals surface area contributed by atoms with Crippen molar-refractivity contribution in [3.63, 3.8) is 0 Å². The summed E-state index contributed by atoms with van der Waals surface area (Å²) in [6, 6.07) is 0. The molecule has 0 aromatic rings. The van der Waals surface area contributed by atoms with E-state index in [0.29, 0.717) is 5.84 Å². The highest BCUT2D eigenvalue weighted by molar-refractivity contribution is 5.88. The first-order valence-electron chi connectivity index (χ1n) is 5.13. The molecule has 1 atom stereocenters. The van der Waals surface area contributed by atoms with Crippen LogP contribution in [0.25, 0.3) is 0 Å². The first-order chi connectivity index (χ1) is 6.19. The summed E-state index contributed by atoms with van der Waals surface area (Å²) in [7, 11) is 0. The van der Waals surface area contributed by atoms with Gasteiger partial charge in [0.05, 0.1) is 0 Å². The van der Waals surface area contributed by atoms with Crippen LogP contribution in [0.1, 0.15) is 39.5 Å². The molecule has 1 saturated heterocycles. The van der Waals surface area contributed by atoms with Crippen molar-refractivity contribution in [1.82, 2.24) is 0 Å². The zero-order valence-corrected chi connectivity index (χ0v) is 8.68. The largest absolute Gasteiger partial charge is 0.385 e. The number of hydrogen-bond acceptors (Lipinski definition) is 2. The summed E-state index contributed by atoms with van der Waals surface area (Å²) >= 11 is 0. The van der Waals surface area contributed by atoms with Gasteiger partial charge in [0, 0.05) is 13.2 Å². The second kappa shape index (κ2) is 4.61. The summed E-state index contributed by atoms with van der Waals surface area (Å²) < 4.78 is 5.67. The predicted octanol–water partition coefficient (Wildman–Crippen LogP) is 1.71. The normalized spacial score (nSPS) is 30.5. The molecular formula is C10H20N2O. The topological polar surface area (TPSA) is 47.6 Å². The van der Waals surface area contributed by atoms with E-state index in [0.717, 1.165) is 32.4 Å². The first-order valence-corrected chi connectivity index (χ1v) is 5.13. The van der Waals surface area contributed by atoms with Crippen molar-refractivity contribution in [3.8, 4) is 0 Å². The summed E-state index contributed by atoms with van der Waals surface area (Å²) in [5, 5.41) is 0. The van der Waals surface area contributed by atoms with E-state index in [-0.39, 0.29) is 5.60 Å². The molecule has 0 aliphatic carbocycles. The molecule has 3 heteroatoms. The molecule has 13 heavy (non-hydrogen) atoms. The zero-order chi connectivity index (χ0) is 9.73. The average molecular weight is 184 g/mol. The highest BCUT2D eigenvalue weighted by atomic mass is 16.5. The maximum Gasteiger partial charge on any atom is 0.126 e. The highest BCUT2D eigenvalue weighted by Gasteiger charge is 2.31. The Bertz CT molecular complexity index is 183. The lowest BCUT2D eigenvalue weighted by Gasteiger charge is -2.33. The number of nitrogens with zero attached hydrogens (tertiary/aromatic N) is 1. The van der Waals surface area contributed by atoms with Gasteiger partial charge in [0.1, 0.15) is 11.4 Å². The number of rotatable bonds is 3. The minimum absolute atomic E-state index is 0.284. The van der Waals surface area contributed by atoms with Gasteiger partial charge in [-0.1, -0.05) is 6.92 Å². The molecule has 0 aromatic carbocycles. The van der Waals surface area contributed by atoms with Crippen LogP contribution in [0.2, 0.25) is 0 Å². The van der Waals surface area contributed by atoms with E-state index in [1.165, 1.54) is 6.42 Å². The van der Waals surface area contributed by atoms with Crippen molar-refractivity contribution in [2.45, 2.75) is 45.1 Å². The smallest absolute Gasteiger partial charge is 0.126 e. The van der Waals surface area contributed by atoms with Gasteiger partial charge in [-0.15, -0.1) is 0 Å². The molecule has 0 radical (unpaired) electrons. The maximum atomic E-state index is 5.89. The summed E-state index contributed by atoms with van der Waals surface area (Å²) in [5.74, 6) is 0.675. The van der Waals surface area contributed by atoms with Crippen LogP contribution in [-0.2, 0) is 4.74 Å². The van der Waals surface area contributed by atoms with Crippen molar-refractivity contribution in [2.24, 2.45) is 10.7 Å². The van der Waals surface area contributed by atoms with E-state index in [1.54, 1.807) is 0 Å². The molecule has 76 valence electrons. The molecule has 3 nitrogen and oxygen atoms in total. The van der Waals surface area contributed by atoms with E-state index in [4.69, 9.17) is 10.5 Å². The van der Waals surface area contributed by atoms with Crippen LogP contribution < -0.4 is 5.73 Å². The number of ether oxygens (including phenoxy) is 1. The lowest BCUT2D eigenvalue weighted by Crippen LogP contribution is -2.46. The Labute approximate surface area is 80.4 Å². The Hall–Kier alpha value is -0.570. The monoisotopic (exact) mass is 184 g/mol. The van der Waals surface area contributed by atoms with E-state index < -0.39 is 0 Å². The molecule has 0 spiro atoms. The molecule has 0 amide bonds. The summed E-state index contributed by atoms with van der Waals surface area (Å²) in [6.45, 7) is 5.77. The fraction of sp³-hybridized carbons (Fsp3) is 0.900. The van der Waals surface area contributed by atoms with Gasteiger partial charge in [-0.05, 0) is 32.6 Å². The number of aliphatic imine (C=N–C) groups is 1. The summed E-state index contributed by atoms with van der Waals surface area (Å²) in [5.41, 5.74) is 5.61. The van der Waals surface area contributed by atoms with Crippen LogP contribution in [0.5, 0.6) is 0 Å². The summed E-state index contributed by atoms with van der Waals surface area (Å²) in [4.78, 5) is 4.31.